The third kappa shape index (κ3) is 7.82. The summed E-state index contributed by atoms with van der Waals surface area (Å²) in [5.74, 6) is -0.379. The first kappa shape index (κ1) is 19.3. The molecule has 0 amide bonds. The van der Waals surface area contributed by atoms with E-state index in [1.165, 1.54) is 6.08 Å². The van der Waals surface area contributed by atoms with Gasteiger partial charge in [-0.2, -0.15) is 0 Å². The van der Waals surface area contributed by atoms with Crippen molar-refractivity contribution in [2.45, 2.75) is 78.4 Å². The predicted octanol–water partition coefficient (Wildman–Crippen LogP) is 3.81. The minimum atomic E-state index is -2.24. The van der Waals surface area contributed by atoms with E-state index in [9.17, 15) is 4.79 Å². The van der Waals surface area contributed by atoms with Gasteiger partial charge in [0.25, 0.3) is 0 Å². The van der Waals surface area contributed by atoms with Gasteiger partial charge in [-0.1, -0.05) is 13.5 Å². The summed E-state index contributed by atoms with van der Waals surface area (Å²) in [4.78, 5) is 11.2. The maximum atomic E-state index is 11.2. The monoisotopic (exact) mass is 302 g/mol. The van der Waals surface area contributed by atoms with E-state index in [4.69, 9.17) is 13.6 Å². The van der Waals surface area contributed by atoms with Crippen molar-refractivity contribution < 1.29 is 18.4 Å². The van der Waals surface area contributed by atoms with Crippen LogP contribution in [0.25, 0.3) is 0 Å². The number of carbonyl (C=O) groups excluding carboxylic acids is 1. The van der Waals surface area contributed by atoms with Crippen LogP contribution >= 0.6 is 0 Å². The largest absolute Gasteiger partial charge is 0.460 e. The third-order valence-electron chi connectivity index (χ3n) is 2.86. The second-order valence-corrected chi connectivity index (χ2v) is 9.09. The van der Waals surface area contributed by atoms with Crippen LogP contribution in [-0.2, 0) is 18.4 Å². The summed E-state index contributed by atoms with van der Waals surface area (Å²) in [5, 5.41) is 0. The first-order valence-corrected chi connectivity index (χ1v) is 9.66. The molecule has 1 unspecified atom stereocenters. The molecule has 0 fully saturated rings. The van der Waals surface area contributed by atoms with Gasteiger partial charge in [0.2, 0.25) is 0 Å². The molecular weight excluding hydrogens is 272 g/mol. The van der Waals surface area contributed by atoms with Gasteiger partial charge in [-0.3, -0.25) is 0 Å². The zero-order valence-corrected chi connectivity index (χ0v) is 14.8. The molecule has 0 aromatic rings. The fourth-order valence-electron chi connectivity index (χ4n) is 2.08. The van der Waals surface area contributed by atoms with Gasteiger partial charge in [0.05, 0.1) is 6.10 Å². The molecule has 0 aliphatic carbocycles. The van der Waals surface area contributed by atoms with Gasteiger partial charge in [0.15, 0.2) is 0 Å². The van der Waals surface area contributed by atoms with Crippen molar-refractivity contribution in [1.82, 2.24) is 0 Å². The highest BCUT2D eigenvalue weighted by Crippen LogP contribution is 2.25. The number of carbonyl (C=O) groups is 1. The van der Waals surface area contributed by atoms with Gasteiger partial charge in [-0.25, -0.2) is 4.79 Å². The molecule has 0 heterocycles. The second-order valence-electron chi connectivity index (χ2n) is 5.59. The first-order chi connectivity index (χ1) is 9.24. The molecule has 0 aromatic heterocycles. The highest BCUT2D eigenvalue weighted by molar-refractivity contribution is 6.67. The number of hydrogen-bond acceptors (Lipinski definition) is 4. The summed E-state index contributed by atoms with van der Waals surface area (Å²) in [6, 6.07) is 1.72. The zero-order valence-electron chi connectivity index (χ0n) is 13.8. The van der Waals surface area contributed by atoms with Crippen LogP contribution in [0.15, 0.2) is 12.7 Å². The van der Waals surface area contributed by atoms with E-state index in [1.54, 1.807) is 0 Å². The zero-order chi connectivity index (χ0) is 15.8. The van der Waals surface area contributed by atoms with Crippen molar-refractivity contribution in [2.24, 2.45) is 0 Å². The molecule has 0 saturated carbocycles. The van der Waals surface area contributed by atoms with E-state index in [0.717, 1.165) is 18.5 Å². The van der Waals surface area contributed by atoms with Crippen molar-refractivity contribution in [2.75, 3.05) is 0 Å². The average molecular weight is 302 g/mol. The summed E-state index contributed by atoms with van der Waals surface area (Å²) in [6.07, 6.45) is 2.08. The molecule has 0 aromatic carbocycles. The van der Waals surface area contributed by atoms with E-state index in [0.29, 0.717) is 0 Å². The minimum absolute atomic E-state index is 0.145. The predicted molar refractivity (Wildman–Crippen MR) is 83.9 cm³/mol. The summed E-state index contributed by atoms with van der Waals surface area (Å²) < 4.78 is 17.5. The lowest BCUT2D eigenvalue weighted by atomic mass is 10.3. The van der Waals surface area contributed by atoms with E-state index in [2.05, 4.69) is 13.5 Å². The van der Waals surface area contributed by atoms with Gasteiger partial charge in [-0.05, 0) is 53.1 Å². The summed E-state index contributed by atoms with van der Waals surface area (Å²) in [5.41, 5.74) is 0. The lowest BCUT2D eigenvalue weighted by molar-refractivity contribution is -0.142. The molecule has 0 aliphatic heterocycles. The SMILES string of the molecule is C=CC(=O)OC(C)CC[Si](CC)(OC(C)C)OC(C)C. The Hall–Kier alpha value is -0.653. The number of ether oxygens (including phenoxy) is 1. The molecule has 0 spiro atoms. The molecule has 118 valence electrons. The van der Waals surface area contributed by atoms with Crippen LogP contribution < -0.4 is 0 Å². The van der Waals surface area contributed by atoms with Crippen LogP contribution in [0.4, 0.5) is 0 Å². The van der Waals surface area contributed by atoms with Crippen LogP contribution in [0.3, 0.4) is 0 Å². The fourth-order valence-corrected chi connectivity index (χ4v) is 5.62. The maximum absolute atomic E-state index is 11.2. The molecule has 0 bridgehead atoms. The minimum Gasteiger partial charge on any atom is -0.460 e. The molecule has 0 radical (unpaired) electrons. The molecule has 5 heteroatoms. The Labute approximate surface area is 124 Å². The van der Waals surface area contributed by atoms with Gasteiger partial charge in [0, 0.05) is 18.3 Å². The van der Waals surface area contributed by atoms with Crippen LogP contribution in [0.1, 0.15) is 48.0 Å². The van der Waals surface area contributed by atoms with Crippen molar-refractivity contribution in [3.05, 3.63) is 12.7 Å². The Morgan fingerprint density at radius 3 is 2.00 bits per heavy atom. The number of esters is 1. The Balaban J connectivity index is 4.62. The van der Waals surface area contributed by atoms with E-state index in [-0.39, 0.29) is 24.3 Å². The second kappa shape index (κ2) is 9.31. The molecule has 0 rings (SSSR count). The summed E-state index contributed by atoms with van der Waals surface area (Å²) >= 11 is 0. The average Bonchev–Trinajstić information content (AvgIpc) is 2.34. The van der Waals surface area contributed by atoms with Crippen LogP contribution in [0, 0.1) is 0 Å². The van der Waals surface area contributed by atoms with E-state index in [1.807, 2.05) is 34.6 Å². The Bertz CT molecular complexity index is 292. The number of rotatable bonds is 10. The molecule has 20 heavy (non-hydrogen) atoms. The van der Waals surface area contributed by atoms with Gasteiger partial charge < -0.3 is 13.6 Å². The standard InChI is InChI=1S/C15H30O4Si/c1-8-15(16)17-14(7)10-11-20(9-2,18-12(3)4)19-13(5)6/h8,12-14H,1,9-11H2,2-7H3. The van der Waals surface area contributed by atoms with Crippen LogP contribution in [0.5, 0.6) is 0 Å². The fraction of sp³-hybridized carbons (Fsp3) is 0.800. The van der Waals surface area contributed by atoms with Crippen molar-refractivity contribution >= 4 is 14.5 Å². The number of hydrogen-bond donors (Lipinski definition) is 0. The van der Waals surface area contributed by atoms with Gasteiger partial charge >= 0.3 is 14.5 Å². The third-order valence-corrected chi connectivity index (χ3v) is 6.79. The molecule has 4 nitrogen and oxygen atoms in total. The molecule has 0 N–H and O–H groups in total. The first-order valence-electron chi connectivity index (χ1n) is 7.43. The lowest BCUT2D eigenvalue weighted by Gasteiger charge is -2.34. The quantitative estimate of drug-likeness (QED) is 0.350. The molecular formula is C15H30O4Si. The van der Waals surface area contributed by atoms with Crippen LogP contribution in [-0.4, -0.2) is 32.8 Å². The Morgan fingerprint density at radius 1 is 1.15 bits per heavy atom. The van der Waals surface area contributed by atoms with Crippen LogP contribution in [0.2, 0.25) is 12.1 Å². The molecule has 0 saturated heterocycles. The van der Waals surface area contributed by atoms with Crippen molar-refractivity contribution in [3.8, 4) is 0 Å². The highest BCUT2D eigenvalue weighted by Gasteiger charge is 2.38. The van der Waals surface area contributed by atoms with E-state index < -0.39 is 8.56 Å². The van der Waals surface area contributed by atoms with Crippen molar-refractivity contribution in [3.63, 3.8) is 0 Å². The molecule has 0 aliphatic rings. The Kier molecular flexibility index (Phi) is 9.01. The maximum Gasteiger partial charge on any atom is 0.338 e. The smallest absolute Gasteiger partial charge is 0.338 e. The van der Waals surface area contributed by atoms with Gasteiger partial charge in [-0.15, -0.1) is 0 Å². The highest BCUT2D eigenvalue weighted by atomic mass is 28.4. The normalized spacial score (nSPS) is 13.6. The molecule has 1 atom stereocenters. The van der Waals surface area contributed by atoms with Gasteiger partial charge in [0.1, 0.15) is 0 Å². The summed E-state index contributed by atoms with van der Waals surface area (Å²) in [7, 11) is -2.24. The lowest BCUT2D eigenvalue weighted by Crippen LogP contribution is -2.45. The summed E-state index contributed by atoms with van der Waals surface area (Å²) in [6.45, 7) is 15.5. The Morgan fingerprint density at radius 2 is 1.65 bits per heavy atom. The topological polar surface area (TPSA) is 44.8 Å². The van der Waals surface area contributed by atoms with Crippen molar-refractivity contribution in [1.29, 1.82) is 0 Å². The van der Waals surface area contributed by atoms with E-state index >= 15 is 0 Å².